The molecule has 0 saturated carbocycles. The molecule has 4 rings (SSSR count). The molecule has 1 aliphatic heterocycles. The molecule has 3 aromatic rings. The predicted molar refractivity (Wildman–Crippen MR) is 123 cm³/mol. The van der Waals surface area contributed by atoms with E-state index in [2.05, 4.69) is 59.5 Å². The average molecular weight is 444 g/mol. The lowest BCUT2D eigenvalue weighted by Gasteiger charge is -2.37. The first kappa shape index (κ1) is 20.8. The Hall–Kier alpha value is -1.49. The van der Waals surface area contributed by atoms with Crippen LogP contribution in [-0.2, 0) is 11.3 Å². The van der Waals surface area contributed by atoms with Crippen molar-refractivity contribution in [1.82, 2.24) is 4.90 Å². The molecule has 2 nitrogen and oxygen atoms in total. The van der Waals surface area contributed by atoms with Crippen LogP contribution in [0, 0.1) is 0 Å². The number of ether oxygens (including phenoxy) is 1. The molecule has 0 aliphatic carbocycles. The van der Waals surface area contributed by atoms with Crippen molar-refractivity contribution in [3.63, 3.8) is 0 Å². The molecule has 0 amide bonds. The Bertz CT molecular complexity index is 923. The zero-order valence-electron chi connectivity index (χ0n) is 16.0. The Kier molecular flexibility index (Phi) is 7.17. The van der Waals surface area contributed by atoms with Crippen LogP contribution in [0.2, 0.25) is 10.0 Å². The number of hydrogen-bond donors (Lipinski definition) is 0. The molecular formula is C24H23Cl2NOS. The van der Waals surface area contributed by atoms with E-state index >= 15 is 0 Å². The summed E-state index contributed by atoms with van der Waals surface area (Å²) in [4.78, 5) is 3.65. The first-order valence-corrected chi connectivity index (χ1v) is 11.4. The number of rotatable bonds is 6. The lowest BCUT2D eigenvalue weighted by atomic mass is 10.1. The predicted octanol–water partition coefficient (Wildman–Crippen LogP) is 6.73. The molecule has 1 unspecified atom stereocenters. The summed E-state index contributed by atoms with van der Waals surface area (Å²) in [5.41, 5.74) is 2.35. The van der Waals surface area contributed by atoms with Crippen LogP contribution in [-0.4, -0.2) is 30.7 Å². The maximum absolute atomic E-state index is 6.60. The van der Waals surface area contributed by atoms with Crippen molar-refractivity contribution in [3.05, 3.63) is 100 Å². The molecule has 0 aromatic heterocycles. The summed E-state index contributed by atoms with van der Waals surface area (Å²) < 4.78 is 6.27. The summed E-state index contributed by atoms with van der Waals surface area (Å²) in [7, 11) is 0. The zero-order valence-corrected chi connectivity index (χ0v) is 18.3. The molecule has 5 heteroatoms. The fourth-order valence-corrected chi connectivity index (χ4v) is 5.34. The number of hydrogen-bond acceptors (Lipinski definition) is 3. The molecular weight excluding hydrogens is 421 g/mol. The molecule has 29 heavy (non-hydrogen) atoms. The SMILES string of the molecule is Clc1ccc(Cl)c(C(Sc2ccccc2)[C@H]2CN(Cc3ccccc3)CCO2)c1. The number of morpholine rings is 1. The fraction of sp³-hybridized carbons (Fsp3) is 0.250. The fourth-order valence-electron chi connectivity index (χ4n) is 3.62. The van der Waals surface area contributed by atoms with E-state index < -0.39 is 0 Å². The number of thioether (sulfide) groups is 1. The van der Waals surface area contributed by atoms with Gasteiger partial charge in [-0.1, -0.05) is 71.7 Å². The lowest BCUT2D eigenvalue weighted by molar-refractivity contribution is -0.0319. The van der Waals surface area contributed by atoms with Gasteiger partial charge in [0.25, 0.3) is 0 Å². The van der Waals surface area contributed by atoms with Gasteiger partial charge in [-0.2, -0.15) is 0 Å². The van der Waals surface area contributed by atoms with Gasteiger partial charge in [0.1, 0.15) is 0 Å². The van der Waals surface area contributed by atoms with Crippen LogP contribution in [0.1, 0.15) is 16.4 Å². The van der Waals surface area contributed by atoms with Crippen molar-refractivity contribution in [3.8, 4) is 0 Å². The molecule has 1 fully saturated rings. The van der Waals surface area contributed by atoms with Crippen LogP contribution in [0.4, 0.5) is 0 Å². The van der Waals surface area contributed by atoms with Gasteiger partial charge in [0.05, 0.1) is 18.0 Å². The van der Waals surface area contributed by atoms with Gasteiger partial charge >= 0.3 is 0 Å². The highest BCUT2D eigenvalue weighted by atomic mass is 35.5. The summed E-state index contributed by atoms with van der Waals surface area (Å²) in [5.74, 6) is 0. The Balaban J connectivity index is 1.58. The second-order valence-corrected chi connectivity index (χ2v) is 9.21. The van der Waals surface area contributed by atoms with Crippen LogP contribution in [0.3, 0.4) is 0 Å². The summed E-state index contributed by atoms with van der Waals surface area (Å²) in [6.45, 7) is 3.41. The summed E-state index contributed by atoms with van der Waals surface area (Å²) in [6.07, 6.45) is 0.0219. The molecule has 1 saturated heterocycles. The quantitative estimate of drug-likeness (QED) is 0.391. The van der Waals surface area contributed by atoms with Gasteiger partial charge in [0.15, 0.2) is 0 Å². The molecule has 0 bridgehead atoms. The third-order valence-corrected chi connectivity index (χ3v) is 6.97. The average Bonchev–Trinajstić information content (AvgIpc) is 2.76. The van der Waals surface area contributed by atoms with Crippen molar-refractivity contribution in [2.45, 2.75) is 22.8 Å². The second kappa shape index (κ2) is 10.0. The zero-order chi connectivity index (χ0) is 20.1. The van der Waals surface area contributed by atoms with Crippen molar-refractivity contribution >= 4 is 35.0 Å². The van der Waals surface area contributed by atoms with E-state index in [1.165, 1.54) is 10.5 Å². The van der Waals surface area contributed by atoms with E-state index in [-0.39, 0.29) is 11.4 Å². The van der Waals surface area contributed by atoms with Crippen molar-refractivity contribution in [2.75, 3.05) is 19.7 Å². The molecule has 0 spiro atoms. The van der Waals surface area contributed by atoms with Gasteiger partial charge in [-0.05, 0) is 41.5 Å². The van der Waals surface area contributed by atoms with E-state index in [0.717, 1.165) is 30.2 Å². The summed E-state index contributed by atoms with van der Waals surface area (Å²) in [5, 5.41) is 1.48. The summed E-state index contributed by atoms with van der Waals surface area (Å²) in [6, 6.07) is 26.7. The first-order chi connectivity index (χ1) is 14.2. The number of halogens is 2. The second-order valence-electron chi connectivity index (χ2n) is 7.15. The van der Waals surface area contributed by atoms with E-state index in [0.29, 0.717) is 11.6 Å². The molecule has 2 atom stereocenters. The largest absolute Gasteiger partial charge is 0.374 e. The minimum absolute atomic E-state index is 0.0219. The Morgan fingerprint density at radius 1 is 0.966 bits per heavy atom. The Labute approximate surface area is 186 Å². The highest BCUT2D eigenvalue weighted by Gasteiger charge is 2.31. The van der Waals surface area contributed by atoms with Crippen LogP contribution in [0.25, 0.3) is 0 Å². The smallest absolute Gasteiger partial charge is 0.0865 e. The van der Waals surface area contributed by atoms with Gasteiger partial charge in [-0.15, -0.1) is 11.8 Å². The van der Waals surface area contributed by atoms with E-state index in [4.69, 9.17) is 27.9 Å². The third kappa shape index (κ3) is 5.56. The van der Waals surface area contributed by atoms with Crippen molar-refractivity contribution in [1.29, 1.82) is 0 Å². The molecule has 0 N–H and O–H groups in total. The van der Waals surface area contributed by atoms with Crippen molar-refractivity contribution < 1.29 is 4.74 Å². The molecule has 150 valence electrons. The van der Waals surface area contributed by atoms with Crippen LogP contribution >= 0.6 is 35.0 Å². The molecule has 0 radical (unpaired) electrons. The van der Waals surface area contributed by atoms with E-state index in [1.807, 2.05) is 24.3 Å². The molecule has 3 aromatic carbocycles. The monoisotopic (exact) mass is 443 g/mol. The number of nitrogens with zero attached hydrogens (tertiary/aromatic N) is 1. The standard InChI is InChI=1S/C24H23Cl2NOS/c25-19-11-12-22(26)21(15-19)24(29-20-9-5-2-6-10-20)23-17-27(13-14-28-23)16-18-7-3-1-4-8-18/h1-12,15,23-24H,13-14,16-17H2/t23-,24?/m1/s1. The van der Waals surface area contributed by atoms with Crippen LogP contribution < -0.4 is 0 Å². The van der Waals surface area contributed by atoms with Gasteiger partial charge in [0, 0.05) is 34.6 Å². The molecule has 1 heterocycles. The maximum atomic E-state index is 6.60. The van der Waals surface area contributed by atoms with E-state index in [1.54, 1.807) is 11.8 Å². The Morgan fingerprint density at radius 3 is 2.45 bits per heavy atom. The minimum atomic E-state index is 0.0219. The lowest BCUT2D eigenvalue weighted by Crippen LogP contribution is -2.44. The van der Waals surface area contributed by atoms with Crippen LogP contribution in [0.15, 0.2) is 83.8 Å². The first-order valence-electron chi connectivity index (χ1n) is 9.73. The normalized spacial score (nSPS) is 18.5. The van der Waals surface area contributed by atoms with Gasteiger partial charge < -0.3 is 4.74 Å². The van der Waals surface area contributed by atoms with Gasteiger partial charge in [-0.25, -0.2) is 0 Å². The van der Waals surface area contributed by atoms with Gasteiger partial charge in [-0.3, -0.25) is 4.90 Å². The molecule has 1 aliphatic rings. The maximum Gasteiger partial charge on any atom is 0.0865 e. The van der Waals surface area contributed by atoms with E-state index in [9.17, 15) is 0 Å². The summed E-state index contributed by atoms with van der Waals surface area (Å²) >= 11 is 14.7. The minimum Gasteiger partial charge on any atom is -0.374 e. The third-order valence-electron chi connectivity index (χ3n) is 5.04. The Morgan fingerprint density at radius 2 is 1.69 bits per heavy atom. The highest BCUT2D eigenvalue weighted by molar-refractivity contribution is 7.99. The van der Waals surface area contributed by atoms with Crippen molar-refractivity contribution in [2.24, 2.45) is 0 Å². The highest BCUT2D eigenvalue weighted by Crippen LogP contribution is 2.43. The number of benzene rings is 3. The van der Waals surface area contributed by atoms with Gasteiger partial charge in [0.2, 0.25) is 0 Å². The van der Waals surface area contributed by atoms with Crippen LogP contribution in [0.5, 0.6) is 0 Å². The topological polar surface area (TPSA) is 12.5 Å².